The lowest BCUT2D eigenvalue weighted by Crippen LogP contribution is -2.46. The second-order valence-electron chi connectivity index (χ2n) is 4.46. The molecule has 18 heavy (non-hydrogen) atoms. The molecule has 0 bridgehead atoms. The van der Waals surface area contributed by atoms with Crippen LogP contribution in [-0.2, 0) is 19.1 Å². The number of amides is 1. The van der Waals surface area contributed by atoms with Crippen molar-refractivity contribution >= 4 is 17.8 Å². The van der Waals surface area contributed by atoms with Crippen molar-refractivity contribution in [2.75, 3.05) is 13.7 Å². The Balaban J connectivity index is 2.50. The first-order chi connectivity index (χ1) is 8.45. The summed E-state index contributed by atoms with van der Waals surface area (Å²) in [6.45, 7) is 0.210. The van der Waals surface area contributed by atoms with Crippen LogP contribution in [0.4, 0.5) is 0 Å². The van der Waals surface area contributed by atoms with Crippen LogP contribution in [0, 0.1) is 5.41 Å². The first-order valence-corrected chi connectivity index (χ1v) is 5.76. The van der Waals surface area contributed by atoms with E-state index in [0.29, 0.717) is 12.8 Å². The molecule has 0 aromatic heterocycles. The molecule has 7 heteroatoms. The van der Waals surface area contributed by atoms with Gasteiger partial charge in [0.05, 0.1) is 12.5 Å². The molecule has 0 unspecified atom stereocenters. The van der Waals surface area contributed by atoms with E-state index >= 15 is 0 Å². The Kier molecular flexibility index (Phi) is 4.66. The number of carboxylic acid groups (broad SMARTS) is 1. The fourth-order valence-corrected chi connectivity index (χ4v) is 1.61. The zero-order valence-electron chi connectivity index (χ0n) is 10.3. The van der Waals surface area contributed by atoms with Crippen molar-refractivity contribution < 1.29 is 24.2 Å². The maximum Gasteiger partial charge on any atom is 0.326 e. The minimum Gasteiger partial charge on any atom is -0.480 e. The molecule has 0 radical (unpaired) electrons. The van der Waals surface area contributed by atoms with E-state index in [2.05, 4.69) is 10.1 Å². The molecule has 1 rings (SSSR count). The molecule has 0 heterocycles. The average molecular weight is 258 g/mol. The van der Waals surface area contributed by atoms with Crippen LogP contribution in [0.15, 0.2) is 0 Å². The molecule has 0 aromatic rings. The number of carboxylic acids is 1. The van der Waals surface area contributed by atoms with Crippen LogP contribution < -0.4 is 11.1 Å². The third kappa shape index (κ3) is 3.43. The van der Waals surface area contributed by atoms with Gasteiger partial charge in [-0.1, -0.05) is 0 Å². The highest BCUT2D eigenvalue weighted by Gasteiger charge is 2.49. The van der Waals surface area contributed by atoms with Crippen molar-refractivity contribution in [3.8, 4) is 0 Å². The normalized spacial score (nSPS) is 17.7. The predicted octanol–water partition coefficient (Wildman–Crippen LogP) is -0.752. The van der Waals surface area contributed by atoms with Gasteiger partial charge in [-0.15, -0.1) is 0 Å². The maximum atomic E-state index is 11.8. The van der Waals surface area contributed by atoms with Gasteiger partial charge in [-0.3, -0.25) is 9.59 Å². The molecule has 1 saturated carbocycles. The lowest BCUT2D eigenvalue weighted by atomic mass is 10.0. The molecule has 0 aromatic carbocycles. The van der Waals surface area contributed by atoms with Gasteiger partial charge < -0.3 is 20.9 Å². The van der Waals surface area contributed by atoms with Crippen molar-refractivity contribution in [2.45, 2.75) is 31.7 Å². The highest BCUT2D eigenvalue weighted by atomic mass is 16.5. The highest BCUT2D eigenvalue weighted by Crippen LogP contribution is 2.44. The van der Waals surface area contributed by atoms with Gasteiger partial charge in [0.2, 0.25) is 5.91 Å². The van der Waals surface area contributed by atoms with Crippen molar-refractivity contribution in [1.29, 1.82) is 0 Å². The summed E-state index contributed by atoms with van der Waals surface area (Å²) in [5.74, 6) is -2.02. The number of nitrogens with two attached hydrogens (primary N) is 1. The number of aliphatic carboxylic acids is 1. The number of hydrogen-bond acceptors (Lipinski definition) is 5. The molecule has 1 aliphatic carbocycles. The van der Waals surface area contributed by atoms with E-state index in [0.717, 1.165) is 0 Å². The third-order valence-electron chi connectivity index (χ3n) is 3.19. The van der Waals surface area contributed by atoms with Crippen LogP contribution in [0.5, 0.6) is 0 Å². The number of esters is 1. The SMILES string of the molecule is COC(=O)CC[C@@H](NC(=O)C1(CN)CC1)C(=O)O. The van der Waals surface area contributed by atoms with Crippen LogP contribution in [-0.4, -0.2) is 42.6 Å². The van der Waals surface area contributed by atoms with Gasteiger partial charge in [0.25, 0.3) is 0 Å². The maximum absolute atomic E-state index is 11.8. The van der Waals surface area contributed by atoms with Gasteiger partial charge in [0.1, 0.15) is 6.04 Å². The van der Waals surface area contributed by atoms with Gasteiger partial charge in [0.15, 0.2) is 0 Å². The predicted molar refractivity (Wildman–Crippen MR) is 61.5 cm³/mol. The molecule has 1 amide bonds. The summed E-state index contributed by atoms with van der Waals surface area (Å²) in [4.78, 5) is 33.7. The van der Waals surface area contributed by atoms with Gasteiger partial charge >= 0.3 is 11.9 Å². The average Bonchev–Trinajstić information content (AvgIpc) is 3.14. The highest BCUT2D eigenvalue weighted by molar-refractivity contribution is 5.89. The second kappa shape index (κ2) is 5.81. The van der Waals surface area contributed by atoms with Crippen LogP contribution in [0.3, 0.4) is 0 Å². The van der Waals surface area contributed by atoms with E-state index in [-0.39, 0.29) is 25.3 Å². The van der Waals surface area contributed by atoms with Gasteiger partial charge in [-0.2, -0.15) is 0 Å². The Hall–Kier alpha value is -1.63. The number of ether oxygens (including phenoxy) is 1. The summed E-state index contributed by atoms with van der Waals surface area (Å²) < 4.78 is 4.42. The van der Waals surface area contributed by atoms with Crippen molar-refractivity contribution in [3.63, 3.8) is 0 Å². The summed E-state index contributed by atoms with van der Waals surface area (Å²) in [5.41, 5.74) is 4.88. The van der Waals surface area contributed by atoms with Crippen molar-refractivity contribution in [2.24, 2.45) is 11.1 Å². The first-order valence-electron chi connectivity index (χ1n) is 5.76. The molecule has 1 fully saturated rings. The minimum absolute atomic E-state index is 0.00833. The van der Waals surface area contributed by atoms with E-state index < -0.39 is 23.4 Å². The molecule has 0 saturated heterocycles. The number of carbonyl (C=O) groups excluding carboxylic acids is 2. The minimum atomic E-state index is -1.17. The lowest BCUT2D eigenvalue weighted by Gasteiger charge is -2.18. The molecule has 1 atom stereocenters. The second-order valence-corrected chi connectivity index (χ2v) is 4.46. The van der Waals surface area contributed by atoms with E-state index in [1.54, 1.807) is 0 Å². The number of carbonyl (C=O) groups is 3. The van der Waals surface area contributed by atoms with Gasteiger partial charge in [-0.25, -0.2) is 4.79 Å². The molecule has 7 nitrogen and oxygen atoms in total. The topological polar surface area (TPSA) is 119 Å². The molecule has 102 valence electrons. The fraction of sp³-hybridized carbons (Fsp3) is 0.727. The third-order valence-corrected chi connectivity index (χ3v) is 3.19. The standard InChI is InChI=1S/C11H18N2O5/c1-18-8(14)3-2-7(9(15)16)13-10(17)11(6-12)4-5-11/h7H,2-6,12H2,1H3,(H,13,17)(H,15,16)/t7-/m1/s1. The summed E-state index contributed by atoms with van der Waals surface area (Å²) >= 11 is 0. The summed E-state index contributed by atoms with van der Waals surface area (Å²) in [6, 6.07) is -1.08. The Morgan fingerprint density at radius 3 is 2.44 bits per heavy atom. The Labute approximate surface area is 105 Å². The Morgan fingerprint density at radius 1 is 1.44 bits per heavy atom. The largest absolute Gasteiger partial charge is 0.480 e. The number of rotatable bonds is 7. The summed E-state index contributed by atoms with van der Waals surface area (Å²) in [5, 5.41) is 11.4. The quantitative estimate of drug-likeness (QED) is 0.517. The molecule has 4 N–H and O–H groups in total. The number of hydrogen-bond donors (Lipinski definition) is 3. The number of nitrogens with one attached hydrogen (secondary N) is 1. The van der Waals surface area contributed by atoms with E-state index in [1.807, 2.05) is 0 Å². The zero-order valence-corrected chi connectivity index (χ0v) is 10.3. The van der Waals surface area contributed by atoms with Crippen LogP contribution >= 0.6 is 0 Å². The van der Waals surface area contributed by atoms with Crippen molar-refractivity contribution in [3.05, 3.63) is 0 Å². The Bertz CT molecular complexity index is 351. The monoisotopic (exact) mass is 258 g/mol. The Morgan fingerprint density at radius 2 is 2.06 bits per heavy atom. The summed E-state index contributed by atoms with van der Waals surface area (Å²) in [6.07, 6.45) is 1.31. The van der Waals surface area contributed by atoms with Crippen LogP contribution in [0.25, 0.3) is 0 Å². The molecule has 0 spiro atoms. The van der Waals surface area contributed by atoms with Crippen molar-refractivity contribution in [1.82, 2.24) is 5.32 Å². The number of methoxy groups -OCH3 is 1. The lowest BCUT2D eigenvalue weighted by molar-refractivity contribution is -0.144. The zero-order chi connectivity index (χ0) is 13.8. The fourth-order valence-electron chi connectivity index (χ4n) is 1.61. The van der Waals surface area contributed by atoms with Gasteiger partial charge in [-0.05, 0) is 19.3 Å². The smallest absolute Gasteiger partial charge is 0.326 e. The van der Waals surface area contributed by atoms with E-state index in [1.165, 1.54) is 7.11 Å². The van der Waals surface area contributed by atoms with E-state index in [4.69, 9.17) is 10.8 Å². The molecular weight excluding hydrogens is 240 g/mol. The first kappa shape index (κ1) is 14.4. The molecular formula is C11H18N2O5. The van der Waals surface area contributed by atoms with Crippen LogP contribution in [0.1, 0.15) is 25.7 Å². The molecule has 0 aliphatic heterocycles. The van der Waals surface area contributed by atoms with E-state index in [9.17, 15) is 14.4 Å². The summed E-state index contributed by atoms with van der Waals surface area (Å²) in [7, 11) is 1.23. The van der Waals surface area contributed by atoms with Crippen LogP contribution in [0.2, 0.25) is 0 Å². The molecule has 1 aliphatic rings. The van der Waals surface area contributed by atoms with Gasteiger partial charge in [0, 0.05) is 13.0 Å².